The van der Waals surface area contributed by atoms with Gasteiger partial charge in [0, 0.05) is 29.6 Å². The largest absolute Gasteiger partial charge is 0.418 e. The number of amides is 2. The smallest absolute Gasteiger partial charge is 0.337 e. The molecule has 1 saturated heterocycles. The van der Waals surface area contributed by atoms with E-state index in [0.717, 1.165) is 37.2 Å². The van der Waals surface area contributed by atoms with E-state index >= 15 is 0 Å². The molecule has 146 valence electrons. The van der Waals surface area contributed by atoms with Gasteiger partial charge in [-0.1, -0.05) is 17.7 Å². The molecule has 27 heavy (non-hydrogen) atoms. The Kier molecular flexibility index (Phi) is 6.06. The second-order valence-corrected chi connectivity index (χ2v) is 6.94. The normalized spacial score (nSPS) is 22.0. The standard InChI is InChI=1S/C18H20ClF3N4O/c19-12-4-6-15(14(10-12)18(20,21)22)26-17(27)24-9-7-13-5-3-11-2-1-8-23-16(11)25-13/h3-6,10-11,16,23H,1-2,7-9H2,(H2,24,26,27). The van der Waals surface area contributed by atoms with Crippen molar-refractivity contribution in [2.24, 2.45) is 10.9 Å². The summed E-state index contributed by atoms with van der Waals surface area (Å²) in [4.78, 5) is 16.6. The highest BCUT2D eigenvalue weighted by molar-refractivity contribution is 6.30. The summed E-state index contributed by atoms with van der Waals surface area (Å²) in [5.41, 5.74) is -0.471. The number of urea groups is 1. The number of hydrogen-bond acceptors (Lipinski definition) is 3. The molecule has 0 aliphatic carbocycles. The number of benzene rings is 1. The zero-order chi connectivity index (χ0) is 19.4. The second-order valence-electron chi connectivity index (χ2n) is 6.50. The van der Waals surface area contributed by atoms with Crippen molar-refractivity contribution in [3.05, 3.63) is 40.9 Å². The Hall–Kier alpha value is -2.06. The van der Waals surface area contributed by atoms with Crippen LogP contribution in [-0.4, -0.2) is 31.0 Å². The van der Waals surface area contributed by atoms with E-state index in [4.69, 9.17) is 11.6 Å². The number of fused-ring (bicyclic) bond motifs is 1. The predicted molar refractivity (Wildman–Crippen MR) is 99.2 cm³/mol. The molecule has 2 atom stereocenters. The van der Waals surface area contributed by atoms with Crippen molar-refractivity contribution >= 4 is 29.0 Å². The summed E-state index contributed by atoms with van der Waals surface area (Å²) in [6.45, 7) is 1.20. The summed E-state index contributed by atoms with van der Waals surface area (Å²) in [6, 6.07) is 2.50. The van der Waals surface area contributed by atoms with Gasteiger partial charge >= 0.3 is 12.2 Å². The molecule has 2 aliphatic rings. The number of carbonyl (C=O) groups excluding carboxylic acids is 1. The van der Waals surface area contributed by atoms with Crippen molar-refractivity contribution in [2.45, 2.75) is 31.6 Å². The van der Waals surface area contributed by atoms with Crippen LogP contribution in [0.2, 0.25) is 5.02 Å². The van der Waals surface area contributed by atoms with Crippen LogP contribution >= 0.6 is 11.6 Å². The Bertz CT molecular complexity index is 763. The van der Waals surface area contributed by atoms with E-state index < -0.39 is 17.8 Å². The topological polar surface area (TPSA) is 65.5 Å². The van der Waals surface area contributed by atoms with Gasteiger partial charge in [-0.05, 0) is 43.7 Å². The number of allylic oxidation sites excluding steroid dienone is 1. The van der Waals surface area contributed by atoms with Crippen molar-refractivity contribution in [2.75, 3.05) is 18.4 Å². The third-order valence-corrected chi connectivity index (χ3v) is 4.75. The van der Waals surface area contributed by atoms with Crippen molar-refractivity contribution in [3.63, 3.8) is 0 Å². The van der Waals surface area contributed by atoms with Crippen LogP contribution < -0.4 is 16.0 Å². The molecule has 3 rings (SSSR count). The second kappa shape index (κ2) is 8.31. The van der Waals surface area contributed by atoms with Crippen LogP contribution in [0.1, 0.15) is 24.8 Å². The number of dihydropyridines is 1. The highest BCUT2D eigenvalue weighted by Crippen LogP contribution is 2.36. The molecule has 0 bridgehead atoms. The number of rotatable bonds is 4. The first-order valence-corrected chi connectivity index (χ1v) is 9.10. The molecule has 2 amide bonds. The van der Waals surface area contributed by atoms with Crippen LogP contribution in [0.15, 0.2) is 35.3 Å². The van der Waals surface area contributed by atoms with Crippen LogP contribution in [0.3, 0.4) is 0 Å². The first-order chi connectivity index (χ1) is 12.8. The average Bonchev–Trinajstić information content (AvgIpc) is 2.62. The number of anilines is 1. The third kappa shape index (κ3) is 5.23. The van der Waals surface area contributed by atoms with Crippen molar-refractivity contribution < 1.29 is 18.0 Å². The molecule has 2 heterocycles. The number of carbonyl (C=O) groups is 1. The van der Waals surface area contributed by atoms with Gasteiger partial charge in [0.15, 0.2) is 0 Å². The summed E-state index contributed by atoms with van der Waals surface area (Å²) in [6.07, 6.45) is 2.28. The molecule has 0 aromatic heterocycles. The van der Waals surface area contributed by atoms with Gasteiger partial charge < -0.3 is 10.6 Å². The summed E-state index contributed by atoms with van der Waals surface area (Å²) < 4.78 is 39.1. The lowest BCUT2D eigenvalue weighted by atomic mass is 9.93. The monoisotopic (exact) mass is 400 g/mol. The molecule has 2 unspecified atom stereocenters. The number of nitrogens with one attached hydrogen (secondary N) is 3. The Labute approximate surface area is 160 Å². The van der Waals surface area contributed by atoms with Gasteiger partial charge in [-0.2, -0.15) is 13.2 Å². The quantitative estimate of drug-likeness (QED) is 0.709. The minimum Gasteiger partial charge on any atom is -0.337 e. The SMILES string of the molecule is O=C(NCCC1=NC2NCCCC2C=C1)Nc1ccc(Cl)cc1C(F)(F)F. The molecule has 0 radical (unpaired) electrons. The predicted octanol–water partition coefficient (Wildman–Crippen LogP) is 4.21. The van der Waals surface area contributed by atoms with Crippen LogP contribution in [0, 0.1) is 5.92 Å². The van der Waals surface area contributed by atoms with Gasteiger partial charge in [0.05, 0.1) is 11.3 Å². The molecule has 0 spiro atoms. The first-order valence-electron chi connectivity index (χ1n) is 8.73. The summed E-state index contributed by atoms with van der Waals surface area (Å²) >= 11 is 5.62. The van der Waals surface area contributed by atoms with Gasteiger partial charge in [-0.25, -0.2) is 4.79 Å². The van der Waals surface area contributed by atoms with Crippen LogP contribution in [-0.2, 0) is 6.18 Å². The first kappa shape index (κ1) is 19.7. The fourth-order valence-corrected chi connectivity index (χ4v) is 3.35. The van der Waals surface area contributed by atoms with Crippen LogP contribution in [0.5, 0.6) is 0 Å². The van der Waals surface area contributed by atoms with Crippen LogP contribution in [0.4, 0.5) is 23.7 Å². The van der Waals surface area contributed by atoms with Gasteiger partial charge in [0.1, 0.15) is 6.17 Å². The Morgan fingerprint density at radius 2 is 2.19 bits per heavy atom. The van der Waals surface area contributed by atoms with Crippen molar-refractivity contribution in [1.82, 2.24) is 10.6 Å². The lowest BCUT2D eigenvalue weighted by Gasteiger charge is -2.30. The third-order valence-electron chi connectivity index (χ3n) is 4.52. The molecular weight excluding hydrogens is 381 g/mol. The Balaban J connectivity index is 1.52. The van der Waals surface area contributed by atoms with E-state index in [1.807, 2.05) is 6.08 Å². The highest BCUT2D eigenvalue weighted by Gasteiger charge is 2.34. The zero-order valence-electron chi connectivity index (χ0n) is 14.4. The Morgan fingerprint density at radius 1 is 1.37 bits per heavy atom. The molecular formula is C18H20ClF3N4O. The van der Waals surface area contributed by atoms with Gasteiger partial charge in [0.2, 0.25) is 0 Å². The number of alkyl halides is 3. The molecule has 1 fully saturated rings. The maximum Gasteiger partial charge on any atom is 0.418 e. The van der Waals surface area contributed by atoms with Gasteiger partial charge in [-0.15, -0.1) is 0 Å². The molecule has 2 aliphatic heterocycles. The number of nitrogens with zero attached hydrogens (tertiary/aromatic N) is 1. The van der Waals surface area contributed by atoms with Gasteiger partial charge in [-0.3, -0.25) is 10.3 Å². The van der Waals surface area contributed by atoms with E-state index in [2.05, 4.69) is 27.0 Å². The maximum absolute atomic E-state index is 13.0. The lowest BCUT2D eigenvalue weighted by Crippen LogP contribution is -2.41. The lowest BCUT2D eigenvalue weighted by molar-refractivity contribution is -0.136. The Morgan fingerprint density at radius 3 is 2.96 bits per heavy atom. The molecule has 5 nitrogen and oxygen atoms in total. The molecule has 0 saturated carbocycles. The highest BCUT2D eigenvalue weighted by atomic mass is 35.5. The molecule has 1 aromatic rings. The van der Waals surface area contributed by atoms with E-state index in [1.165, 1.54) is 6.07 Å². The maximum atomic E-state index is 13.0. The number of hydrogen-bond donors (Lipinski definition) is 3. The van der Waals surface area contributed by atoms with Gasteiger partial charge in [0.25, 0.3) is 0 Å². The average molecular weight is 401 g/mol. The zero-order valence-corrected chi connectivity index (χ0v) is 15.2. The van der Waals surface area contributed by atoms with Crippen LogP contribution in [0.25, 0.3) is 0 Å². The number of piperidine rings is 1. The van der Waals surface area contributed by atoms with E-state index in [1.54, 1.807) is 0 Å². The fourth-order valence-electron chi connectivity index (χ4n) is 3.17. The van der Waals surface area contributed by atoms with E-state index in [0.29, 0.717) is 12.3 Å². The van der Waals surface area contributed by atoms with E-state index in [9.17, 15) is 18.0 Å². The number of aliphatic imine (C=N–C) groups is 1. The molecule has 3 N–H and O–H groups in total. The molecule has 9 heteroatoms. The van der Waals surface area contributed by atoms with E-state index in [-0.39, 0.29) is 23.4 Å². The summed E-state index contributed by atoms with van der Waals surface area (Å²) in [5, 5.41) is 8.09. The summed E-state index contributed by atoms with van der Waals surface area (Å²) in [7, 11) is 0. The minimum absolute atomic E-state index is 0.0509. The summed E-state index contributed by atoms with van der Waals surface area (Å²) in [5.74, 6) is 0.407. The van der Waals surface area contributed by atoms with Crippen molar-refractivity contribution in [3.8, 4) is 0 Å². The fraction of sp³-hybridized carbons (Fsp3) is 0.444. The minimum atomic E-state index is -4.61. The van der Waals surface area contributed by atoms with Crippen molar-refractivity contribution in [1.29, 1.82) is 0 Å². The number of halogens is 4. The molecule has 1 aromatic carbocycles.